The Labute approximate surface area is 105 Å². The van der Waals surface area contributed by atoms with E-state index in [-0.39, 0.29) is 17.7 Å². The van der Waals surface area contributed by atoms with Gasteiger partial charge < -0.3 is 9.73 Å². The van der Waals surface area contributed by atoms with Gasteiger partial charge in [-0.25, -0.2) is 0 Å². The van der Waals surface area contributed by atoms with Crippen LogP contribution in [-0.2, 0) is 0 Å². The van der Waals surface area contributed by atoms with E-state index in [1.807, 2.05) is 45.0 Å². The predicted octanol–water partition coefficient (Wildman–Crippen LogP) is 2.75. The van der Waals surface area contributed by atoms with Crippen LogP contribution >= 0.6 is 0 Å². The molecule has 0 radical (unpaired) electrons. The Balaban J connectivity index is 2.15. The van der Waals surface area contributed by atoms with Crippen LogP contribution in [0.5, 0.6) is 0 Å². The average molecular weight is 245 g/mol. The molecular weight excluding hydrogens is 230 g/mol. The summed E-state index contributed by atoms with van der Waals surface area (Å²) >= 11 is 0. The quantitative estimate of drug-likeness (QED) is 0.902. The van der Waals surface area contributed by atoms with E-state index in [4.69, 9.17) is 4.42 Å². The van der Waals surface area contributed by atoms with Crippen molar-refractivity contribution in [3.05, 3.63) is 41.6 Å². The number of aryl methyl sites for hydroxylation is 1. The molecule has 1 heterocycles. The molecule has 5 nitrogen and oxygen atoms in total. The molecular formula is C13H15N3O2. The number of hydrogen-bond donors (Lipinski definition) is 1. The predicted molar refractivity (Wildman–Crippen MR) is 67.5 cm³/mol. The molecule has 2 rings (SSSR count). The summed E-state index contributed by atoms with van der Waals surface area (Å²) in [5.41, 5.74) is 1.72. The molecule has 0 aliphatic heterocycles. The zero-order chi connectivity index (χ0) is 13.1. The molecule has 18 heavy (non-hydrogen) atoms. The highest BCUT2D eigenvalue weighted by atomic mass is 16.4. The number of nitrogens with one attached hydrogen (secondary N) is 1. The van der Waals surface area contributed by atoms with Crippen LogP contribution in [0.25, 0.3) is 0 Å². The fraction of sp³-hybridized carbons (Fsp3) is 0.308. The molecule has 0 saturated carbocycles. The largest absolute Gasteiger partial charge is 0.417 e. The van der Waals surface area contributed by atoms with Crippen LogP contribution in [0.1, 0.15) is 41.9 Å². The summed E-state index contributed by atoms with van der Waals surface area (Å²) in [7, 11) is 0. The minimum atomic E-state index is -0.385. The van der Waals surface area contributed by atoms with Gasteiger partial charge in [0.15, 0.2) is 0 Å². The Hall–Kier alpha value is -2.17. The second-order valence-corrected chi connectivity index (χ2v) is 4.37. The molecule has 1 N–H and O–H groups in total. The second kappa shape index (κ2) is 5.00. The van der Waals surface area contributed by atoms with Gasteiger partial charge in [-0.15, -0.1) is 10.2 Å². The van der Waals surface area contributed by atoms with E-state index in [1.54, 1.807) is 0 Å². The number of nitrogens with zero attached hydrogens (tertiary/aromatic N) is 2. The Morgan fingerprint density at radius 2 is 2.00 bits per heavy atom. The van der Waals surface area contributed by atoms with Crippen molar-refractivity contribution in [1.29, 1.82) is 0 Å². The molecule has 1 aromatic heterocycles. The molecule has 0 saturated heterocycles. The van der Waals surface area contributed by atoms with E-state index >= 15 is 0 Å². The summed E-state index contributed by atoms with van der Waals surface area (Å²) in [6.45, 7) is 5.77. The van der Waals surface area contributed by atoms with E-state index in [9.17, 15) is 4.79 Å². The molecule has 0 aliphatic carbocycles. The average Bonchev–Trinajstić information content (AvgIpc) is 2.81. The van der Waals surface area contributed by atoms with E-state index in [0.29, 0.717) is 5.89 Å². The molecule has 0 atom stereocenters. The molecule has 0 spiro atoms. The minimum Gasteiger partial charge on any atom is -0.417 e. The lowest BCUT2D eigenvalue weighted by Crippen LogP contribution is -2.13. The third-order valence-corrected chi connectivity index (χ3v) is 2.52. The third kappa shape index (κ3) is 2.56. The van der Waals surface area contributed by atoms with Gasteiger partial charge in [0, 0.05) is 11.6 Å². The van der Waals surface area contributed by atoms with Gasteiger partial charge in [-0.2, -0.15) is 0 Å². The number of anilines is 1. The van der Waals surface area contributed by atoms with Crippen molar-refractivity contribution in [2.24, 2.45) is 0 Å². The lowest BCUT2D eigenvalue weighted by molar-refractivity contribution is 0.0988. The highest BCUT2D eigenvalue weighted by Crippen LogP contribution is 2.16. The van der Waals surface area contributed by atoms with Gasteiger partial charge in [-0.1, -0.05) is 32.0 Å². The van der Waals surface area contributed by atoms with Gasteiger partial charge in [0.25, 0.3) is 0 Å². The first-order valence-electron chi connectivity index (χ1n) is 5.78. The number of benzene rings is 1. The van der Waals surface area contributed by atoms with Crippen LogP contribution in [0.3, 0.4) is 0 Å². The molecule has 2 aromatic rings. The Kier molecular flexibility index (Phi) is 3.41. The van der Waals surface area contributed by atoms with Crippen LogP contribution in [-0.4, -0.2) is 16.1 Å². The van der Waals surface area contributed by atoms with Gasteiger partial charge in [-0.05, 0) is 18.6 Å². The van der Waals surface area contributed by atoms with Crippen molar-refractivity contribution >= 4 is 11.6 Å². The summed E-state index contributed by atoms with van der Waals surface area (Å²) < 4.78 is 5.28. The topological polar surface area (TPSA) is 68.0 Å². The fourth-order valence-corrected chi connectivity index (χ4v) is 1.45. The summed E-state index contributed by atoms with van der Waals surface area (Å²) in [6.07, 6.45) is 0. The van der Waals surface area contributed by atoms with E-state index in [1.165, 1.54) is 0 Å². The van der Waals surface area contributed by atoms with Gasteiger partial charge in [0.2, 0.25) is 5.89 Å². The van der Waals surface area contributed by atoms with Crippen molar-refractivity contribution in [3.63, 3.8) is 0 Å². The van der Waals surface area contributed by atoms with Crippen molar-refractivity contribution in [1.82, 2.24) is 10.2 Å². The van der Waals surface area contributed by atoms with E-state index < -0.39 is 0 Å². The molecule has 0 fully saturated rings. The van der Waals surface area contributed by atoms with Gasteiger partial charge in [0.1, 0.15) is 0 Å². The van der Waals surface area contributed by atoms with Crippen molar-refractivity contribution < 1.29 is 9.21 Å². The summed E-state index contributed by atoms with van der Waals surface area (Å²) in [5, 5.41) is 10.3. The lowest BCUT2D eigenvalue weighted by atomic mass is 10.2. The maximum Gasteiger partial charge on any atom is 0.313 e. The zero-order valence-corrected chi connectivity index (χ0v) is 10.6. The molecule has 0 unspecified atom stereocenters. The first-order chi connectivity index (χ1) is 8.58. The zero-order valence-electron chi connectivity index (χ0n) is 10.6. The van der Waals surface area contributed by atoms with Crippen LogP contribution in [0.15, 0.2) is 28.7 Å². The van der Waals surface area contributed by atoms with Gasteiger partial charge in [0.05, 0.1) is 0 Å². The number of carbonyl (C=O) groups excluding carboxylic acids is 1. The number of para-hydroxylation sites is 1. The van der Waals surface area contributed by atoms with Gasteiger partial charge >= 0.3 is 11.8 Å². The molecule has 5 heteroatoms. The number of amides is 1. The highest BCUT2D eigenvalue weighted by Gasteiger charge is 2.16. The molecule has 1 amide bonds. The van der Waals surface area contributed by atoms with Crippen molar-refractivity contribution in [2.45, 2.75) is 26.7 Å². The maximum absolute atomic E-state index is 11.9. The normalized spacial score (nSPS) is 10.7. The minimum absolute atomic E-state index is 0.0121. The fourth-order valence-electron chi connectivity index (χ4n) is 1.45. The first kappa shape index (κ1) is 12.3. The monoisotopic (exact) mass is 245 g/mol. The standard InChI is InChI=1S/C13H15N3O2/c1-8(2)12-15-16-13(18-12)11(17)14-10-7-5-4-6-9(10)3/h4-8H,1-3H3,(H,14,17). The number of hydrogen-bond acceptors (Lipinski definition) is 4. The van der Waals surface area contributed by atoms with Crippen LogP contribution in [0, 0.1) is 6.92 Å². The summed E-state index contributed by atoms with van der Waals surface area (Å²) in [5.74, 6) is 0.174. The third-order valence-electron chi connectivity index (χ3n) is 2.52. The highest BCUT2D eigenvalue weighted by molar-refractivity contribution is 6.01. The lowest BCUT2D eigenvalue weighted by Gasteiger charge is -2.05. The van der Waals surface area contributed by atoms with E-state index in [0.717, 1.165) is 11.3 Å². The van der Waals surface area contributed by atoms with E-state index in [2.05, 4.69) is 15.5 Å². The van der Waals surface area contributed by atoms with Crippen molar-refractivity contribution in [3.8, 4) is 0 Å². The van der Waals surface area contributed by atoms with Gasteiger partial charge in [-0.3, -0.25) is 4.79 Å². The van der Waals surface area contributed by atoms with Crippen LogP contribution in [0.2, 0.25) is 0 Å². The number of carbonyl (C=O) groups is 1. The summed E-state index contributed by atoms with van der Waals surface area (Å²) in [6, 6.07) is 7.51. The summed E-state index contributed by atoms with van der Waals surface area (Å²) in [4.78, 5) is 11.9. The SMILES string of the molecule is Cc1ccccc1NC(=O)c1nnc(C(C)C)o1. The number of rotatable bonds is 3. The molecule has 0 aliphatic rings. The van der Waals surface area contributed by atoms with Crippen LogP contribution in [0.4, 0.5) is 5.69 Å². The van der Waals surface area contributed by atoms with Crippen LogP contribution < -0.4 is 5.32 Å². The molecule has 0 bridgehead atoms. The Morgan fingerprint density at radius 3 is 2.61 bits per heavy atom. The Bertz CT molecular complexity index is 561. The van der Waals surface area contributed by atoms with Crippen molar-refractivity contribution in [2.75, 3.05) is 5.32 Å². The number of aromatic nitrogens is 2. The second-order valence-electron chi connectivity index (χ2n) is 4.37. The maximum atomic E-state index is 11.9. The molecule has 94 valence electrons. The molecule has 1 aromatic carbocycles. The first-order valence-corrected chi connectivity index (χ1v) is 5.78. The Morgan fingerprint density at radius 1 is 1.28 bits per heavy atom. The smallest absolute Gasteiger partial charge is 0.313 e.